The Hall–Kier alpha value is -2.30. The van der Waals surface area contributed by atoms with E-state index in [1.165, 1.54) is 18.2 Å². The van der Waals surface area contributed by atoms with Gasteiger partial charge in [0.15, 0.2) is 0 Å². The van der Waals surface area contributed by atoms with Crippen LogP contribution in [0.15, 0.2) is 47.5 Å². The Balaban J connectivity index is 2.12. The molecule has 0 amide bonds. The predicted molar refractivity (Wildman–Crippen MR) is 81.6 cm³/mol. The monoisotopic (exact) mass is 306 g/mol. The van der Waals surface area contributed by atoms with E-state index >= 15 is 0 Å². The molecular weight excluding hydrogens is 289 g/mol. The number of aryl methyl sites for hydroxylation is 1. The lowest BCUT2D eigenvalue weighted by Gasteiger charge is -2.10. The van der Waals surface area contributed by atoms with E-state index in [4.69, 9.17) is 5.73 Å². The molecule has 2 nitrogen and oxygen atoms in total. The fourth-order valence-electron chi connectivity index (χ4n) is 1.92. The van der Waals surface area contributed by atoms with Gasteiger partial charge in [-0.2, -0.15) is 0 Å². The Morgan fingerprint density at radius 2 is 1.77 bits per heavy atom. The summed E-state index contributed by atoms with van der Waals surface area (Å²) in [5.41, 5.74) is 7.56. The van der Waals surface area contributed by atoms with Gasteiger partial charge in [0.1, 0.15) is 11.7 Å². The Morgan fingerprint density at radius 3 is 2.32 bits per heavy atom. The van der Waals surface area contributed by atoms with E-state index in [9.17, 15) is 13.2 Å². The predicted octanol–water partition coefficient (Wildman–Crippen LogP) is 4.15. The maximum atomic E-state index is 13.5. The van der Waals surface area contributed by atoms with E-state index < -0.39 is 5.92 Å². The number of rotatable bonds is 4. The number of aliphatic imine (C=N–C) groups is 1. The smallest absolute Gasteiger partial charge is 0.270 e. The highest BCUT2D eigenvalue weighted by atomic mass is 19.3. The molecule has 0 aliphatic carbocycles. The van der Waals surface area contributed by atoms with E-state index in [1.54, 1.807) is 31.2 Å². The third-order valence-corrected chi connectivity index (χ3v) is 3.36. The maximum absolute atomic E-state index is 13.5. The topological polar surface area (TPSA) is 38.4 Å². The molecule has 2 aromatic carbocycles. The van der Waals surface area contributed by atoms with Crippen molar-refractivity contribution in [1.29, 1.82) is 0 Å². The van der Waals surface area contributed by atoms with Crippen LogP contribution in [0.25, 0.3) is 0 Å². The number of alkyl halides is 2. The van der Waals surface area contributed by atoms with Gasteiger partial charge in [-0.1, -0.05) is 36.4 Å². The summed E-state index contributed by atoms with van der Waals surface area (Å²) in [4.78, 5) is 4.17. The first-order valence-corrected chi connectivity index (χ1v) is 6.81. The van der Waals surface area contributed by atoms with Crippen molar-refractivity contribution in [2.45, 2.75) is 26.3 Å². The molecule has 0 aliphatic heterocycles. The number of nitrogens with two attached hydrogens (primary N) is 1. The van der Waals surface area contributed by atoms with E-state index in [2.05, 4.69) is 4.99 Å². The highest BCUT2D eigenvalue weighted by Crippen LogP contribution is 2.26. The van der Waals surface area contributed by atoms with Crippen molar-refractivity contribution in [2.75, 3.05) is 0 Å². The van der Waals surface area contributed by atoms with E-state index in [0.717, 1.165) is 12.5 Å². The second-order valence-electron chi connectivity index (χ2n) is 5.25. The lowest BCUT2D eigenvalue weighted by Crippen LogP contribution is -2.14. The second-order valence-corrected chi connectivity index (χ2v) is 5.25. The highest BCUT2D eigenvalue weighted by molar-refractivity contribution is 5.97. The van der Waals surface area contributed by atoms with Crippen molar-refractivity contribution >= 4 is 5.84 Å². The lowest BCUT2D eigenvalue weighted by atomic mass is 10.1. The van der Waals surface area contributed by atoms with Crippen LogP contribution in [-0.4, -0.2) is 5.84 Å². The van der Waals surface area contributed by atoms with Gasteiger partial charge >= 0.3 is 0 Å². The molecule has 5 heteroatoms. The van der Waals surface area contributed by atoms with Crippen LogP contribution < -0.4 is 5.73 Å². The molecule has 0 saturated carbocycles. The van der Waals surface area contributed by atoms with Crippen molar-refractivity contribution in [3.63, 3.8) is 0 Å². The molecule has 0 aromatic heterocycles. The van der Waals surface area contributed by atoms with Crippen molar-refractivity contribution in [1.82, 2.24) is 0 Å². The molecule has 116 valence electrons. The Kier molecular flexibility index (Phi) is 4.54. The minimum atomic E-state index is -2.86. The van der Waals surface area contributed by atoms with Gasteiger partial charge in [-0.15, -0.1) is 0 Å². The first-order chi connectivity index (χ1) is 10.3. The molecule has 2 rings (SSSR count). The molecule has 0 saturated heterocycles. The molecule has 2 N–H and O–H groups in total. The summed E-state index contributed by atoms with van der Waals surface area (Å²) in [6.45, 7) is 2.76. The van der Waals surface area contributed by atoms with Crippen LogP contribution in [0, 0.1) is 12.7 Å². The van der Waals surface area contributed by atoms with Crippen LogP contribution in [0.5, 0.6) is 0 Å². The molecule has 0 unspecified atom stereocenters. The minimum Gasteiger partial charge on any atom is -0.383 e. The summed E-state index contributed by atoms with van der Waals surface area (Å²) in [5.74, 6) is -2.99. The van der Waals surface area contributed by atoms with Gasteiger partial charge in [-0.05, 0) is 24.1 Å². The third-order valence-electron chi connectivity index (χ3n) is 3.36. The zero-order chi connectivity index (χ0) is 16.3. The summed E-state index contributed by atoms with van der Waals surface area (Å²) < 4.78 is 39.7. The number of hydrogen-bond donors (Lipinski definition) is 1. The van der Waals surface area contributed by atoms with Gasteiger partial charge in [-0.3, -0.25) is 4.99 Å². The highest BCUT2D eigenvalue weighted by Gasteiger charge is 2.23. The number of benzene rings is 2. The van der Waals surface area contributed by atoms with Gasteiger partial charge in [0.25, 0.3) is 5.92 Å². The van der Waals surface area contributed by atoms with Crippen molar-refractivity contribution in [3.05, 3.63) is 70.5 Å². The summed E-state index contributed by atoms with van der Waals surface area (Å²) in [5, 5.41) is 0. The maximum Gasteiger partial charge on any atom is 0.270 e. The van der Waals surface area contributed by atoms with Crippen LogP contribution in [0.3, 0.4) is 0 Å². The van der Waals surface area contributed by atoms with E-state index in [0.29, 0.717) is 11.1 Å². The fraction of sp³-hybridized carbons (Fsp3) is 0.235. The van der Waals surface area contributed by atoms with Crippen LogP contribution in [-0.2, 0) is 12.5 Å². The molecule has 0 spiro atoms. The molecule has 0 bridgehead atoms. The number of halogens is 3. The molecule has 22 heavy (non-hydrogen) atoms. The van der Waals surface area contributed by atoms with Gasteiger partial charge in [0, 0.05) is 18.1 Å². The van der Waals surface area contributed by atoms with Gasteiger partial charge < -0.3 is 5.73 Å². The molecule has 0 fully saturated rings. The molecular formula is C17H17F3N2. The number of nitrogens with zero attached hydrogens (tertiary/aromatic N) is 1. The Bertz CT molecular complexity index is 686. The largest absolute Gasteiger partial charge is 0.383 e. The summed E-state index contributed by atoms with van der Waals surface area (Å²) in [7, 11) is 0. The normalized spacial score (nSPS) is 12.5. The molecule has 0 heterocycles. The standard InChI is InChI=1S/C17H17F3N2/c1-11-3-6-13(9-15(11)18)16(21)22-10-12-4-7-14(8-5-12)17(2,19)20/h3-9H,10H2,1-2H3,(H2,21,22). The second kappa shape index (κ2) is 6.22. The van der Waals surface area contributed by atoms with Crippen LogP contribution in [0.4, 0.5) is 13.2 Å². The average molecular weight is 306 g/mol. The zero-order valence-corrected chi connectivity index (χ0v) is 12.4. The van der Waals surface area contributed by atoms with Gasteiger partial charge in [0.05, 0.1) is 6.54 Å². The minimum absolute atomic E-state index is 0.0474. The molecule has 0 atom stereocenters. The SMILES string of the molecule is Cc1ccc(C(N)=NCc2ccc(C(C)(F)F)cc2)cc1F. The van der Waals surface area contributed by atoms with E-state index in [1.807, 2.05) is 0 Å². The van der Waals surface area contributed by atoms with Gasteiger partial charge in [0.2, 0.25) is 0 Å². The van der Waals surface area contributed by atoms with Crippen molar-refractivity contribution in [2.24, 2.45) is 10.7 Å². The number of amidine groups is 1. The molecule has 0 aliphatic rings. The first kappa shape index (κ1) is 16.1. The number of hydrogen-bond acceptors (Lipinski definition) is 1. The van der Waals surface area contributed by atoms with Crippen molar-refractivity contribution in [3.8, 4) is 0 Å². The van der Waals surface area contributed by atoms with E-state index in [-0.39, 0.29) is 23.8 Å². The van der Waals surface area contributed by atoms with Crippen LogP contribution in [0.2, 0.25) is 0 Å². The van der Waals surface area contributed by atoms with Crippen LogP contribution >= 0.6 is 0 Å². The summed E-state index contributed by atoms with van der Waals surface area (Å²) in [6.07, 6.45) is 0. The molecule has 0 radical (unpaired) electrons. The molecule has 2 aromatic rings. The van der Waals surface area contributed by atoms with Gasteiger partial charge in [-0.25, -0.2) is 13.2 Å². The fourth-order valence-corrected chi connectivity index (χ4v) is 1.92. The Morgan fingerprint density at radius 1 is 1.14 bits per heavy atom. The van der Waals surface area contributed by atoms with Crippen molar-refractivity contribution < 1.29 is 13.2 Å². The zero-order valence-electron chi connectivity index (χ0n) is 12.4. The summed E-state index contributed by atoms with van der Waals surface area (Å²) in [6, 6.07) is 10.6. The summed E-state index contributed by atoms with van der Waals surface area (Å²) >= 11 is 0. The van der Waals surface area contributed by atoms with Crippen LogP contribution in [0.1, 0.15) is 29.2 Å². The first-order valence-electron chi connectivity index (χ1n) is 6.81. The lowest BCUT2D eigenvalue weighted by molar-refractivity contribution is 0.0174. The Labute approximate surface area is 127 Å². The average Bonchev–Trinajstić information content (AvgIpc) is 2.47. The quantitative estimate of drug-likeness (QED) is 0.669. The third kappa shape index (κ3) is 3.87.